The zero-order chi connectivity index (χ0) is 18.5. The predicted octanol–water partition coefficient (Wildman–Crippen LogP) is 2.23. The largest absolute Gasteiger partial charge is 0.339 e. The van der Waals surface area contributed by atoms with Crippen LogP contribution >= 0.6 is 0 Å². The van der Waals surface area contributed by atoms with Gasteiger partial charge in [0.1, 0.15) is 0 Å². The molecular formula is C18H22N6O2. The van der Waals surface area contributed by atoms with E-state index in [0.29, 0.717) is 31.1 Å². The third-order valence-electron chi connectivity index (χ3n) is 4.00. The van der Waals surface area contributed by atoms with E-state index in [0.717, 1.165) is 11.1 Å². The highest BCUT2D eigenvalue weighted by Gasteiger charge is 2.19. The van der Waals surface area contributed by atoms with Gasteiger partial charge < -0.3 is 9.42 Å². The van der Waals surface area contributed by atoms with Crippen molar-refractivity contribution in [2.45, 2.75) is 39.3 Å². The molecule has 136 valence electrons. The fourth-order valence-electron chi connectivity index (χ4n) is 2.64. The number of hydrogen-bond acceptors (Lipinski definition) is 6. The summed E-state index contributed by atoms with van der Waals surface area (Å²) in [5.74, 6) is 0.976. The Kier molecular flexibility index (Phi) is 5.40. The molecule has 26 heavy (non-hydrogen) atoms. The molecule has 0 aliphatic carbocycles. The Bertz CT molecular complexity index is 855. The van der Waals surface area contributed by atoms with Crippen molar-refractivity contribution < 1.29 is 9.32 Å². The number of carbonyl (C=O) groups is 1. The topological polar surface area (TPSA) is 89.9 Å². The standard InChI is InChI=1S/C18H22N6O2/c1-13(2)24(12-14-9-20-23(3)11-14)17(25)7-6-16-21-18(22-26-16)15-5-4-8-19-10-15/h4-5,8-11,13H,6-7,12H2,1-3H3. The SMILES string of the molecule is CC(C)N(Cc1cnn(C)c1)C(=O)CCc1nc(-c2cccnc2)no1. The van der Waals surface area contributed by atoms with Crippen LogP contribution in [0, 0.1) is 0 Å². The van der Waals surface area contributed by atoms with Gasteiger partial charge in [-0.1, -0.05) is 5.16 Å². The Morgan fingerprint density at radius 2 is 2.19 bits per heavy atom. The number of rotatable bonds is 7. The van der Waals surface area contributed by atoms with Crippen LogP contribution in [0.5, 0.6) is 0 Å². The molecule has 0 saturated heterocycles. The van der Waals surface area contributed by atoms with Crippen LogP contribution in [0.25, 0.3) is 11.4 Å². The normalized spacial score (nSPS) is 11.1. The second-order valence-electron chi connectivity index (χ2n) is 6.39. The zero-order valence-electron chi connectivity index (χ0n) is 15.2. The van der Waals surface area contributed by atoms with E-state index in [1.165, 1.54) is 0 Å². The molecule has 0 aromatic carbocycles. The van der Waals surface area contributed by atoms with E-state index in [9.17, 15) is 4.79 Å². The number of hydrogen-bond donors (Lipinski definition) is 0. The van der Waals surface area contributed by atoms with Gasteiger partial charge in [0.05, 0.1) is 6.20 Å². The van der Waals surface area contributed by atoms with Crippen LogP contribution in [0.15, 0.2) is 41.4 Å². The van der Waals surface area contributed by atoms with Gasteiger partial charge in [-0.05, 0) is 26.0 Å². The zero-order valence-corrected chi connectivity index (χ0v) is 15.2. The summed E-state index contributed by atoms with van der Waals surface area (Å²) >= 11 is 0. The first-order valence-electron chi connectivity index (χ1n) is 8.53. The summed E-state index contributed by atoms with van der Waals surface area (Å²) < 4.78 is 6.99. The van der Waals surface area contributed by atoms with Crippen molar-refractivity contribution in [2.24, 2.45) is 7.05 Å². The van der Waals surface area contributed by atoms with E-state index in [1.54, 1.807) is 23.3 Å². The average Bonchev–Trinajstić information content (AvgIpc) is 3.27. The maximum atomic E-state index is 12.6. The number of nitrogens with zero attached hydrogens (tertiary/aromatic N) is 6. The third-order valence-corrected chi connectivity index (χ3v) is 4.00. The summed E-state index contributed by atoms with van der Waals surface area (Å²) in [7, 11) is 1.86. The molecule has 0 aliphatic heterocycles. The van der Waals surface area contributed by atoms with Gasteiger partial charge in [-0.15, -0.1) is 0 Å². The van der Waals surface area contributed by atoms with Gasteiger partial charge >= 0.3 is 0 Å². The summed E-state index contributed by atoms with van der Waals surface area (Å²) in [6.07, 6.45) is 7.78. The Morgan fingerprint density at radius 3 is 2.85 bits per heavy atom. The van der Waals surface area contributed by atoms with Crippen molar-refractivity contribution in [1.29, 1.82) is 0 Å². The molecule has 0 spiro atoms. The number of aromatic nitrogens is 5. The highest BCUT2D eigenvalue weighted by molar-refractivity contribution is 5.76. The second kappa shape index (κ2) is 7.90. The lowest BCUT2D eigenvalue weighted by atomic mass is 10.2. The van der Waals surface area contributed by atoms with E-state index >= 15 is 0 Å². The minimum Gasteiger partial charge on any atom is -0.339 e. The molecule has 8 nitrogen and oxygen atoms in total. The Balaban J connectivity index is 1.60. The molecule has 0 radical (unpaired) electrons. The molecule has 0 bridgehead atoms. The molecule has 3 rings (SSSR count). The first kappa shape index (κ1) is 17.8. The van der Waals surface area contributed by atoms with Crippen molar-refractivity contribution in [3.8, 4) is 11.4 Å². The molecule has 8 heteroatoms. The maximum Gasteiger partial charge on any atom is 0.227 e. The molecule has 3 heterocycles. The summed E-state index contributed by atoms with van der Waals surface area (Å²) in [6, 6.07) is 3.77. The first-order chi connectivity index (χ1) is 12.5. The lowest BCUT2D eigenvalue weighted by Gasteiger charge is -2.26. The second-order valence-corrected chi connectivity index (χ2v) is 6.39. The predicted molar refractivity (Wildman–Crippen MR) is 94.7 cm³/mol. The van der Waals surface area contributed by atoms with Gasteiger partial charge in [-0.25, -0.2) is 0 Å². The van der Waals surface area contributed by atoms with Gasteiger partial charge in [-0.3, -0.25) is 14.5 Å². The van der Waals surface area contributed by atoms with Crippen molar-refractivity contribution in [2.75, 3.05) is 0 Å². The lowest BCUT2D eigenvalue weighted by Crippen LogP contribution is -2.36. The molecule has 0 unspecified atom stereocenters. The van der Waals surface area contributed by atoms with E-state index in [2.05, 4.69) is 20.2 Å². The van der Waals surface area contributed by atoms with Gasteiger partial charge in [0.2, 0.25) is 17.6 Å². The minimum atomic E-state index is 0.0463. The summed E-state index contributed by atoms with van der Waals surface area (Å²) in [5.41, 5.74) is 1.79. The molecule has 0 saturated carbocycles. The molecule has 0 aliphatic rings. The maximum absolute atomic E-state index is 12.6. The van der Waals surface area contributed by atoms with E-state index in [4.69, 9.17) is 4.52 Å². The Morgan fingerprint density at radius 1 is 1.35 bits per heavy atom. The van der Waals surface area contributed by atoms with Gasteiger partial charge in [0.15, 0.2) is 0 Å². The molecule has 3 aromatic rings. The first-order valence-corrected chi connectivity index (χ1v) is 8.53. The summed E-state index contributed by atoms with van der Waals surface area (Å²) in [6.45, 7) is 4.54. The van der Waals surface area contributed by atoms with Crippen LogP contribution < -0.4 is 0 Å². The molecule has 0 fully saturated rings. The quantitative estimate of drug-likeness (QED) is 0.646. The van der Waals surface area contributed by atoms with Crippen molar-refractivity contribution in [3.63, 3.8) is 0 Å². The molecule has 1 amide bonds. The fraction of sp³-hybridized carbons (Fsp3) is 0.389. The number of pyridine rings is 1. The minimum absolute atomic E-state index is 0.0463. The smallest absolute Gasteiger partial charge is 0.227 e. The van der Waals surface area contributed by atoms with Crippen molar-refractivity contribution >= 4 is 5.91 Å². The van der Waals surface area contributed by atoms with E-state index in [1.807, 2.05) is 44.1 Å². The number of amides is 1. The highest BCUT2D eigenvalue weighted by Crippen LogP contribution is 2.15. The highest BCUT2D eigenvalue weighted by atomic mass is 16.5. The Hall–Kier alpha value is -3.03. The van der Waals surface area contributed by atoms with Crippen LogP contribution in [-0.4, -0.2) is 41.8 Å². The van der Waals surface area contributed by atoms with Crippen LogP contribution in [-0.2, 0) is 24.8 Å². The molecule has 0 atom stereocenters. The summed E-state index contributed by atoms with van der Waals surface area (Å²) in [4.78, 5) is 22.9. The van der Waals surface area contributed by atoms with E-state index < -0.39 is 0 Å². The lowest BCUT2D eigenvalue weighted by molar-refractivity contribution is -0.133. The number of carbonyl (C=O) groups excluding carboxylic acids is 1. The Labute approximate surface area is 151 Å². The fourth-order valence-corrected chi connectivity index (χ4v) is 2.64. The van der Waals surface area contributed by atoms with Crippen LogP contribution in [0.3, 0.4) is 0 Å². The van der Waals surface area contributed by atoms with E-state index in [-0.39, 0.29) is 11.9 Å². The average molecular weight is 354 g/mol. The third kappa shape index (κ3) is 4.33. The van der Waals surface area contributed by atoms with Crippen molar-refractivity contribution in [1.82, 2.24) is 29.8 Å². The number of aryl methyl sites for hydroxylation is 2. The van der Waals surface area contributed by atoms with Crippen LogP contribution in [0.4, 0.5) is 0 Å². The van der Waals surface area contributed by atoms with Crippen LogP contribution in [0.2, 0.25) is 0 Å². The summed E-state index contributed by atoms with van der Waals surface area (Å²) in [5, 5.41) is 8.11. The van der Waals surface area contributed by atoms with Gasteiger partial charge in [0.25, 0.3) is 0 Å². The van der Waals surface area contributed by atoms with Gasteiger partial charge in [-0.2, -0.15) is 10.1 Å². The molecule has 0 N–H and O–H groups in total. The van der Waals surface area contributed by atoms with Gasteiger partial charge in [0, 0.05) is 62.2 Å². The monoisotopic (exact) mass is 354 g/mol. The van der Waals surface area contributed by atoms with Crippen molar-refractivity contribution in [3.05, 3.63) is 48.4 Å². The van der Waals surface area contributed by atoms with Crippen LogP contribution in [0.1, 0.15) is 31.7 Å². The molecular weight excluding hydrogens is 332 g/mol. The molecule has 3 aromatic heterocycles.